The topological polar surface area (TPSA) is 42.5 Å². The molecule has 4 heteroatoms. The fourth-order valence-corrected chi connectivity index (χ4v) is 6.67. The van der Waals surface area contributed by atoms with Crippen molar-refractivity contribution in [1.29, 1.82) is 0 Å². The van der Waals surface area contributed by atoms with Crippen LogP contribution >= 0.6 is 0 Å². The Morgan fingerprint density at radius 2 is 1.04 bits per heavy atom. The summed E-state index contributed by atoms with van der Waals surface area (Å²) in [5.41, 5.74) is 8.48. The van der Waals surface area contributed by atoms with Crippen molar-refractivity contribution in [3.05, 3.63) is 121 Å². The molecule has 0 N–H and O–H groups in total. The lowest BCUT2D eigenvalue weighted by molar-refractivity contribution is -0.688. The maximum atomic E-state index is 4.93. The normalized spacial score (nSPS) is 11.3. The van der Waals surface area contributed by atoms with Crippen LogP contribution in [-0.4, -0.2) is 15.0 Å². The Hall–Kier alpha value is -4.18. The van der Waals surface area contributed by atoms with Crippen molar-refractivity contribution in [1.82, 2.24) is 15.0 Å². The van der Waals surface area contributed by atoms with E-state index in [1.807, 2.05) is 48.8 Å². The number of unbranched alkanes of at least 4 members (excludes halogenated alkanes) is 10. The molecular formula is C44H55N4+. The van der Waals surface area contributed by atoms with E-state index in [2.05, 4.69) is 89.3 Å². The van der Waals surface area contributed by atoms with Crippen LogP contribution in [0.15, 0.2) is 110 Å². The lowest BCUT2D eigenvalue weighted by Crippen LogP contribution is -2.33. The second-order valence-electron chi connectivity index (χ2n) is 13.4. The number of nitrogens with zero attached hydrogens (tertiary/aromatic N) is 4. The summed E-state index contributed by atoms with van der Waals surface area (Å²) < 4.78 is 2.32. The highest BCUT2D eigenvalue weighted by molar-refractivity contribution is 5.74. The highest BCUT2D eigenvalue weighted by atomic mass is 14.9. The van der Waals surface area contributed by atoms with Crippen molar-refractivity contribution in [3.8, 4) is 33.9 Å². The van der Waals surface area contributed by atoms with Crippen molar-refractivity contribution < 1.29 is 4.57 Å². The monoisotopic (exact) mass is 639 g/mol. The summed E-state index contributed by atoms with van der Waals surface area (Å²) >= 11 is 0. The first-order valence-electron chi connectivity index (χ1n) is 18.7. The standard InChI is InChI=1S/C44H55N4/c1-3-5-7-9-11-13-19-37(20-14-12-10-8-6-4-2)39-27-31-48(32-28-39)35-36-23-25-38(26-24-36)40-33-43(41-21-15-17-29-45-41)47-44(34-40)42-22-16-18-30-46-42/h15-18,21-34,37H,3-14,19-20,35H2,1-2H3/q+1. The van der Waals surface area contributed by atoms with Crippen LogP contribution in [0, 0.1) is 0 Å². The first-order chi connectivity index (χ1) is 23.7. The van der Waals surface area contributed by atoms with E-state index in [4.69, 9.17) is 4.98 Å². The summed E-state index contributed by atoms with van der Waals surface area (Å²) in [6.45, 7) is 5.46. The van der Waals surface area contributed by atoms with Crippen molar-refractivity contribution in [2.45, 2.75) is 116 Å². The van der Waals surface area contributed by atoms with E-state index in [0.717, 1.165) is 40.4 Å². The second kappa shape index (κ2) is 19.6. The van der Waals surface area contributed by atoms with Gasteiger partial charge >= 0.3 is 0 Å². The number of hydrogen-bond acceptors (Lipinski definition) is 3. The van der Waals surface area contributed by atoms with E-state index in [1.54, 1.807) is 0 Å². The van der Waals surface area contributed by atoms with Crippen LogP contribution < -0.4 is 4.57 Å². The lowest BCUT2D eigenvalue weighted by atomic mass is 9.88. The molecule has 0 aliphatic carbocycles. The number of benzene rings is 1. The van der Waals surface area contributed by atoms with E-state index in [1.165, 1.54) is 101 Å². The summed E-state index contributed by atoms with van der Waals surface area (Å²) in [5, 5.41) is 0. The highest BCUT2D eigenvalue weighted by Gasteiger charge is 2.15. The molecule has 0 spiro atoms. The molecule has 250 valence electrons. The Morgan fingerprint density at radius 1 is 0.521 bits per heavy atom. The molecule has 0 fully saturated rings. The van der Waals surface area contributed by atoms with E-state index in [-0.39, 0.29) is 0 Å². The van der Waals surface area contributed by atoms with Crippen molar-refractivity contribution in [3.63, 3.8) is 0 Å². The quantitative estimate of drug-likeness (QED) is 0.0628. The Kier molecular flexibility index (Phi) is 14.3. The molecule has 4 heterocycles. The largest absolute Gasteiger partial charge is 0.255 e. The summed E-state index contributed by atoms with van der Waals surface area (Å²) in [5.74, 6) is 0.684. The first kappa shape index (κ1) is 35.1. The number of aromatic nitrogens is 4. The molecule has 0 atom stereocenters. The van der Waals surface area contributed by atoms with Gasteiger partial charge in [-0.2, -0.15) is 0 Å². The van der Waals surface area contributed by atoms with Gasteiger partial charge in [0.15, 0.2) is 18.9 Å². The highest BCUT2D eigenvalue weighted by Crippen LogP contribution is 2.30. The number of hydrogen-bond donors (Lipinski definition) is 0. The molecule has 0 radical (unpaired) electrons. The lowest BCUT2D eigenvalue weighted by Gasteiger charge is -2.17. The summed E-state index contributed by atoms with van der Waals surface area (Å²) in [6, 6.07) is 29.9. The molecular weight excluding hydrogens is 585 g/mol. The second-order valence-corrected chi connectivity index (χ2v) is 13.4. The average molecular weight is 640 g/mol. The molecule has 0 saturated carbocycles. The van der Waals surface area contributed by atoms with Crippen molar-refractivity contribution in [2.24, 2.45) is 0 Å². The van der Waals surface area contributed by atoms with E-state index < -0.39 is 0 Å². The molecule has 0 unspecified atom stereocenters. The molecule has 0 amide bonds. The van der Waals surface area contributed by atoms with Crippen LogP contribution in [0.25, 0.3) is 33.9 Å². The van der Waals surface area contributed by atoms with Gasteiger partial charge in [0.1, 0.15) is 0 Å². The molecule has 4 aromatic heterocycles. The SMILES string of the molecule is CCCCCCCCC(CCCCCCCC)c1cc[n+](Cc2ccc(-c3cc(-c4ccccn4)nc(-c4ccccn4)c3)cc2)cc1. The van der Waals surface area contributed by atoms with Crippen LogP contribution in [0.2, 0.25) is 0 Å². The molecule has 0 aliphatic rings. The minimum Gasteiger partial charge on any atom is -0.255 e. The van der Waals surface area contributed by atoms with Gasteiger partial charge in [-0.15, -0.1) is 0 Å². The predicted molar refractivity (Wildman–Crippen MR) is 201 cm³/mol. The minimum atomic E-state index is 0.684. The van der Waals surface area contributed by atoms with Gasteiger partial charge in [-0.25, -0.2) is 9.55 Å². The average Bonchev–Trinajstić information content (AvgIpc) is 3.15. The third kappa shape index (κ3) is 10.9. The van der Waals surface area contributed by atoms with Crippen LogP contribution in [-0.2, 0) is 6.54 Å². The summed E-state index contributed by atoms with van der Waals surface area (Å²) in [4.78, 5) is 14.1. The molecule has 0 aliphatic heterocycles. The molecule has 5 aromatic rings. The smallest absolute Gasteiger partial charge is 0.173 e. The van der Waals surface area contributed by atoms with E-state index >= 15 is 0 Å². The molecule has 0 bridgehead atoms. The van der Waals surface area contributed by atoms with Crippen LogP contribution in [0.4, 0.5) is 0 Å². The molecule has 1 aromatic carbocycles. The number of pyridine rings is 4. The van der Waals surface area contributed by atoms with Crippen molar-refractivity contribution >= 4 is 0 Å². The van der Waals surface area contributed by atoms with Crippen LogP contribution in [0.1, 0.15) is 121 Å². The maximum absolute atomic E-state index is 4.93. The van der Waals surface area contributed by atoms with Crippen LogP contribution in [0.5, 0.6) is 0 Å². The van der Waals surface area contributed by atoms with E-state index in [0.29, 0.717) is 5.92 Å². The van der Waals surface area contributed by atoms with E-state index in [9.17, 15) is 0 Å². The Balaban J connectivity index is 1.25. The Morgan fingerprint density at radius 3 is 1.54 bits per heavy atom. The minimum absolute atomic E-state index is 0.684. The maximum Gasteiger partial charge on any atom is 0.173 e. The molecule has 5 rings (SSSR count). The molecule has 0 saturated heterocycles. The summed E-state index contributed by atoms with van der Waals surface area (Å²) in [7, 11) is 0. The van der Waals surface area contributed by atoms with Gasteiger partial charge in [0.2, 0.25) is 0 Å². The van der Waals surface area contributed by atoms with Gasteiger partial charge in [-0.05, 0) is 71.8 Å². The summed E-state index contributed by atoms with van der Waals surface area (Å²) in [6.07, 6.45) is 27.3. The van der Waals surface area contributed by atoms with Gasteiger partial charge < -0.3 is 0 Å². The van der Waals surface area contributed by atoms with Gasteiger partial charge in [-0.1, -0.05) is 127 Å². The third-order valence-electron chi connectivity index (χ3n) is 9.53. The van der Waals surface area contributed by atoms with Gasteiger partial charge in [0.05, 0.1) is 22.8 Å². The third-order valence-corrected chi connectivity index (χ3v) is 9.53. The zero-order chi connectivity index (χ0) is 33.2. The Bertz CT molecular complexity index is 1520. The first-order valence-corrected chi connectivity index (χ1v) is 18.7. The molecule has 48 heavy (non-hydrogen) atoms. The Labute approximate surface area is 289 Å². The molecule has 4 nitrogen and oxygen atoms in total. The van der Waals surface area contributed by atoms with Crippen molar-refractivity contribution in [2.75, 3.05) is 0 Å². The van der Waals surface area contributed by atoms with Gasteiger partial charge in [-0.3, -0.25) is 9.97 Å². The predicted octanol–water partition coefficient (Wildman–Crippen LogP) is 11.8. The van der Waals surface area contributed by atoms with Gasteiger partial charge in [0.25, 0.3) is 0 Å². The zero-order valence-electron chi connectivity index (χ0n) is 29.4. The van der Waals surface area contributed by atoms with Gasteiger partial charge in [0, 0.05) is 30.1 Å². The fourth-order valence-electron chi connectivity index (χ4n) is 6.67. The fraction of sp³-hybridized carbons (Fsp3) is 0.409. The van der Waals surface area contributed by atoms with Crippen LogP contribution in [0.3, 0.4) is 0 Å². The number of rotatable bonds is 20. The zero-order valence-corrected chi connectivity index (χ0v) is 29.4.